The van der Waals surface area contributed by atoms with Crippen LogP contribution in [0, 0.1) is 19.7 Å². The van der Waals surface area contributed by atoms with E-state index in [1.54, 1.807) is 17.0 Å². The molecule has 136 valence electrons. The zero-order valence-corrected chi connectivity index (χ0v) is 16.3. The molecule has 1 amide bonds. The van der Waals surface area contributed by atoms with Crippen molar-refractivity contribution in [3.8, 4) is 0 Å². The standard InChI is InChI=1S/C20H22FN3OS/c1-13-9-10-17-18(14(13)2)22-20(26-17)24(12-11-23(3)4)19(25)15-7-5-6-8-16(15)21/h5-10H,11-12H2,1-4H3/p+1. The number of halogens is 1. The summed E-state index contributed by atoms with van der Waals surface area (Å²) in [4.78, 5) is 20.6. The Hall–Kier alpha value is -2.31. The summed E-state index contributed by atoms with van der Waals surface area (Å²) in [7, 11) is 4.05. The van der Waals surface area contributed by atoms with Crippen molar-refractivity contribution in [2.45, 2.75) is 13.8 Å². The van der Waals surface area contributed by atoms with E-state index >= 15 is 0 Å². The molecule has 0 saturated carbocycles. The first-order valence-corrected chi connectivity index (χ1v) is 9.42. The SMILES string of the molecule is Cc1ccc2sc(N(CC[NH+](C)C)C(=O)c3ccccc3F)nc2c1C. The summed E-state index contributed by atoms with van der Waals surface area (Å²) < 4.78 is 15.2. The molecule has 0 unspecified atom stereocenters. The van der Waals surface area contributed by atoms with E-state index in [4.69, 9.17) is 4.98 Å². The third kappa shape index (κ3) is 3.61. The van der Waals surface area contributed by atoms with Gasteiger partial charge in [-0.05, 0) is 43.2 Å². The van der Waals surface area contributed by atoms with E-state index in [0.29, 0.717) is 11.7 Å². The summed E-state index contributed by atoms with van der Waals surface area (Å²) in [6, 6.07) is 10.2. The Labute approximate surface area is 156 Å². The van der Waals surface area contributed by atoms with Crippen LogP contribution in [0.3, 0.4) is 0 Å². The predicted octanol–water partition coefficient (Wildman–Crippen LogP) is 2.84. The van der Waals surface area contributed by atoms with Gasteiger partial charge in [-0.1, -0.05) is 29.5 Å². The van der Waals surface area contributed by atoms with Gasteiger partial charge in [0.2, 0.25) is 0 Å². The molecular formula is C20H23FN3OS+. The van der Waals surface area contributed by atoms with Crippen LogP contribution in [0.25, 0.3) is 10.2 Å². The minimum atomic E-state index is -0.507. The van der Waals surface area contributed by atoms with Crippen molar-refractivity contribution in [1.82, 2.24) is 4.98 Å². The van der Waals surface area contributed by atoms with Crippen LogP contribution in [0.15, 0.2) is 36.4 Å². The van der Waals surface area contributed by atoms with E-state index in [1.807, 2.05) is 34.0 Å². The quantitative estimate of drug-likeness (QED) is 0.748. The van der Waals surface area contributed by atoms with Gasteiger partial charge in [0.1, 0.15) is 5.82 Å². The summed E-state index contributed by atoms with van der Waals surface area (Å²) in [6.45, 7) is 5.31. The first-order valence-electron chi connectivity index (χ1n) is 8.60. The molecule has 6 heteroatoms. The average molecular weight is 372 g/mol. The van der Waals surface area contributed by atoms with Crippen LogP contribution >= 0.6 is 11.3 Å². The van der Waals surface area contributed by atoms with E-state index in [0.717, 1.165) is 22.3 Å². The molecule has 0 atom stereocenters. The van der Waals surface area contributed by atoms with Gasteiger partial charge >= 0.3 is 0 Å². The number of benzene rings is 2. The zero-order valence-electron chi connectivity index (χ0n) is 15.5. The Morgan fingerprint density at radius 3 is 2.62 bits per heavy atom. The number of aryl methyl sites for hydroxylation is 2. The van der Waals surface area contributed by atoms with E-state index < -0.39 is 5.82 Å². The number of amides is 1. The third-order valence-corrected chi connectivity index (χ3v) is 5.53. The second-order valence-electron chi connectivity index (χ2n) is 6.74. The van der Waals surface area contributed by atoms with Gasteiger partial charge in [-0.25, -0.2) is 9.37 Å². The highest BCUT2D eigenvalue weighted by Gasteiger charge is 2.24. The molecule has 0 saturated heterocycles. The molecule has 0 aliphatic rings. The number of hydrogen-bond donors (Lipinski definition) is 1. The number of rotatable bonds is 5. The number of carbonyl (C=O) groups excluding carboxylic acids is 1. The number of hydrogen-bond acceptors (Lipinski definition) is 3. The number of thiazole rings is 1. The summed E-state index contributed by atoms with van der Waals surface area (Å²) in [5, 5.41) is 0.614. The third-order valence-electron chi connectivity index (χ3n) is 4.49. The first-order chi connectivity index (χ1) is 12.4. The van der Waals surface area contributed by atoms with Gasteiger partial charge in [-0.15, -0.1) is 0 Å². The molecule has 1 aromatic heterocycles. The van der Waals surface area contributed by atoms with Crippen LogP contribution in [0.5, 0.6) is 0 Å². The van der Waals surface area contributed by atoms with E-state index in [2.05, 4.69) is 6.07 Å². The highest BCUT2D eigenvalue weighted by Crippen LogP contribution is 2.32. The lowest BCUT2D eigenvalue weighted by Gasteiger charge is -2.21. The molecule has 0 radical (unpaired) electrons. The van der Waals surface area contributed by atoms with Crippen molar-refractivity contribution in [3.63, 3.8) is 0 Å². The van der Waals surface area contributed by atoms with E-state index in [1.165, 1.54) is 33.9 Å². The molecule has 26 heavy (non-hydrogen) atoms. The topological polar surface area (TPSA) is 37.6 Å². The number of nitrogens with one attached hydrogen (secondary N) is 1. The fraction of sp³-hybridized carbons (Fsp3) is 0.300. The van der Waals surface area contributed by atoms with Crippen molar-refractivity contribution < 1.29 is 14.1 Å². The average Bonchev–Trinajstić information content (AvgIpc) is 3.03. The number of aromatic nitrogens is 1. The fourth-order valence-electron chi connectivity index (χ4n) is 2.73. The van der Waals surface area contributed by atoms with Crippen LogP contribution < -0.4 is 9.80 Å². The van der Waals surface area contributed by atoms with Crippen molar-refractivity contribution in [1.29, 1.82) is 0 Å². The van der Waals surface area contributed by atoms with Crippen LogP contribution in [-0.4, -0.2) is 38.1 Å². The molecule has 4 nitrogen and oxygen atoms in total. The smallest absolute Gasteiger partial charge is 0.263 e. The van der Waals surface area contributed by atoms with Crippen LogP contribution in [0.4, 0.5) is 9.52 Å². The number of quaternary nitrogens is 1. The lowest BCUT2D eigenvalue weighted by molar-refractivity contribution is -0.856. The molecule has 3 rings (SSSR count). The maximum atomic E-state index is 14.2. The van der Waals surface area contributed by atoms with Crippen molar-refractivity contribution in [3.05, 3.63) is 58.9 Å². The molecule has 0 aliphatic carbocycles. The molecule has 0 spiro atoms. The van der Waals surface area contributed by atoms with Crippen molar-refractivity contribution in [2.75, 3.05) is 32.1 Å². The Morgan fingerprint density at radius 1 is 1.19 bits per heavy atom. The Kier molecular flexibility index (Phi) is 5.34. The van der Waals surface area contributed by atoms with Gasteiger partial charge in [-0.3, -0.25) is 9.69 Å². The van der Waals surface area contributed by atoms with Crippen LogP contribution in [0.2, 0.25) is 0 Å². The van der Waals surface area contributed by atoms with Crippen molar-refractivity contribution >= 4 is 32.6 Å². The molecule has 0 fully saturated rings. The molecule has 0 bridgehead atoms. The molecule has 2 aromatic carbocycles. The molecule has 0 aliphatic heterocycles. The summed E-state index contributed by atoms with van der Waals surface area (Å²) >= 11 is 1.47. The predicted molar refractivity (Wildman–Crippen MR) is 105 cm³/mol. The minimum Gasteiger partial charge on any atom is -0.338 e. The summed E-state index contributed by atoms with van der Waals surface area (Å²) in [5.74, 6) is -0.856. The Balaban J connectivity index is 2.05. The van der Waals surface area contributed by atoms with Gasteiger partial charge in [-0.2, -0.15) is 0 Å². The normalized spacial score (nSPS) is 11.3. The van der Waals surface area contributed by atoms with Crippen LogP contribution in [-0.2, 0) is 0 Å². The van der Waals surface area contributed by atoms with E-state index in [-0.39, 0.29) is 11.5 Å². The summed E-state index contributed by atoms with van der Waals surface area (Å²) in [6.07, 6.45) is 0. The second-order valence-corrected chi connectivity index (χ2v) is 7.75. The van der Waals surface area contributed by atoms with Gasteiger partial charge in [0.25, 0.3) is 5.91 Å². The maximum absolute atomic E-state index is 14.2. The highest BCUT2D eigenvalue weighted by atomic mass is 32.1. The van der Waals surface area contributed by atoms with Gasteiger partial charge in [0, 0.05) is 0 Å². The lowest BCUT2D eigenvalue weighted by Crippen LogP contribution is -3.06. The maximum Gasteiger partial charge on any atom is 0.263 e. The molecule has 1 heterocycles. The fourth-order valence-corrected chi connectivity index (χ4v) is 3.78. The number of nitrogens with zero attached hydrogens (tertiary/aromatic N) is 2. The van der Waals surface area contributed by atoms with E-state index in [9.17, 15) is 9.18 Å². The van der Waals surface area contributed by atoms with Crippen molar-refractivity contribution in [2.24, 2.45) is 0 Å². The minimum absolute atomic E-state index is 0.0772. The number of carbonyl (C=O) groups is 1. The van der Waals surface area contributed by atoms with Gasteiger partial charge < -0.3 is 4.90 Å². The van der Waals surface area contributed by atoms with Crippen LogP contribution in [0.1, 0.15) is 21.5 Å². The molecule has 3 aromatic rings. The van der Waals surface area contributed by atoms with Gasteiger partial charge in [0.15, 0.2) is 5.13 Å². The highest BCUT2D eigenvalue weighted by molar-refractivity contribution is 7.22. The first kappa shape index (κ1) is 18.5. The zero-order chi connectivity index (χ0) is 18.8. The molecule has 1 N–H and O–H groups in total. The monoisotopic (exact) mass is 372 g/mol. The number of likely N-dealkylation sites (N-methyl/N-ethyl adjacent to an activating group) is 1. The number of fused-ring (bicyclic) bond motifs is 1. The van der Waals surface area contributed by atoms with Gasteiger partial charge in [0.05, 0.1) is 43.0 Å². The largest absolute Gasteiger partial charge is 0.338 e. The Bertz CT molecular complexity index is 951. The second kappa shape index (κ2) is 7.51. The number of anilines is 1. The Morgan fingerprint density at radius 2 is 1.92 bits per heavy atom. The lowest BCUT2D eigenvalue weighted by atomic mass is 10.1. The summed E-state index contributed by atoms with van der Waals surface area (Å²) in [5.41, 5.74) is 3.27. The molecular weight excluding hydrogens is 349 g/mol.